The molecule has 0 bridgehead atoms. The number of anilines is 1. The van der Waals surface area contributed by atoms with Crippen molar-refractivity contribution in [1.82, 2.24) is 0 Å². The van der Waals surface area contributed by atoms with E-state index in [1.807, 2.05) is 11.3 Å². The van der Waals surface area contributed by atoms with E-state index in [9.17, 15) is 0 Å². The molecule has 0 amide bonds. The highest BCUT2D eigenvalue weighted by Gasteiger charge is 2.20. The zero-order valence-electron chi connectivity index (χ0n) is 7.29. The zero-order valence-corrected chi connectivity index (χ0v) is 8.10. The van der Waals surface area contributed by atoms with Crippen LogP contribution in [-0.4, -0.2) is 19.1 Å². The van der Waals surface area contributed by atoms with Gasteiger partial charge in [-0.3, -0.25) is 0 Å². The van der Waals surface area contributed by atoms with E-state index in [-0.39, 0.29) is 0 Å². The molecule has 0 aliphatic carbocycles. The second-order valence-corrected chi connectivity index (χ2v) is 4.30. The van der Waals surface area contributed by atoms with Gasteiger partial charge in [0, 0.05) is 19.1 Å². The van der Waals surface area contributed by atoms with Gasteiger partial charge in [0.25, 0.3) is 0 Å². The van der Waals surface area contributed by atoms with Gasteiger partial charge < -0.3 is 10.6 Å². The first-order valence-corrected chi connectivity index (χ1v) is 5.20. The molecule has 1 aliphatic rings. The number of hydrogen-bond donors (Lipinski definition) is 1. The minimum atomic E-state index is 0.381. The molecule has 0 saturated carbocycles. The molecule has 2 N–H and O–H groups in total. The van der Waals surface area contributed by atoms with Crippen LogP contribution in [0.2, 0.25) is 0 Å². The Morgan fingerprint density at radius 2 is 2.50 bits per heavy atom. The average Bonchev–Trinajstić information content (AvgIpc) is 2.58. The van der Waals surface area contributed by atoms with E-state index >= 15 is 0 Å². The molecule has 2 heterocycles. The van der Waals surface area contributed by atoms with Gasteiger partial charge in [-0.2, -0.15) is 0 Å². The molecule has 66 valence electrons. The number of nitrogens with two attached hydrogens (primary N) is 1. The fourth-order valence-corrected chi connectivity index (χ4v) is 2.63. The first-order valence-electron chi connectivity index (χ1n) is 4.32. The predicted molar refractivity (Wildman–Crippen MR) is 53.9 cm³/mol. The molecule has 0 radical (unpaired) electrons. The van der Waals surface area contributed by atoms with E-state index in [1.54, 1.807) is 0 Å². The number of aryl methyl sites for hydroxylation is 1. The van der Waals surface area contributed by atoms with Crippen molar-refractivity contribution in [3.05, 3.63) is 17.0 Å². The Bertz CT molecular complexity index is 269. The number of rotatable bonds is 1. The van der Waals surface area contributed by atoms with Gasteiger partial charge in [0.1, 0.15) is 0 Å². The fourth-order valence-electron chi connectivity index (χ4n) is 1.66. The molecule has 1 unspecified atom stereocenters. The van der Waals surface area contributed by atoms with Gasteiger partial charge in [-0.05, 0) is 30.4 Å². The maximum atomic E-state index is 5.84. The summed E-state index contributed by atoms with van der Waals surface area (Å²) in [5, 5.41) is 3.55. The van der Waals surface area contributed by atoms with Crippen molar-refractivity contribution in [2.75, 3.05) is 18.0 Å². The van der Waals surface area contributed by atoms with Crippen molar-refractivity contribution < 1.29 is 0 Å². The lowest BCUT2D eigenvalue weighted by molar-refractivity contribution is 0.752. The van der Waals surface area contributed by atoms with Gasteiger partial charge >= 0.3 is 0 Å². The van der Waals surface area contributed by atoms with Crippen molar-refractivity contribution in [2.24, 2.45) is 5.73 Å². The summed E-state index contributed by atoms with van der Waals surface area (Å²) in [7, 11) is 0. The highest BCUT2D eigenvalue weighted by atomic mass is 32.1. The molecular weight excluding hydrogens is 168 g/mol. The van der Waals surface area contributed by atoms with Gasteiger partial charge in [-0.1, -0.05) is 0 Å². The van der Waals surface area contributed by atoms with Crippen LogP contribution in [0.4, 0.5) is 5.00 Å². The summed E-state index contributed by atoms with van der Waals surface area (Å²) >= 11 is 1.82. The molecule has 3 heteroatoms. The lowest BCUT2D eigenvalue weighted by Gasteiger charge is -2.16. The maximum Gasteiger partial charge on any atom is 0.0938 e. The Labute approximate surface area is 77.0 Å². The predicted octanol–water partition coefficient (Wildman–Crippen LogP) is 1.59. The minimum absolute atomic E-state index is 0.381. The monoisotopic (exact) mass is 182 g/mol. The Morgan fingerprint density at radius 3 is 3.00 bits per heavy atom. The van der Waals surface area contributed by atoms with Gasteiger partial charge in [0.05, 0.1) is 5.00 Å². The number of hydrogen-bond acceptors (Lipinski definition) is 3. The van der Waals surface area contributed by atoms with Crippen LogP contribution in [0, 0.1) is 6.92 Å². The van der Waals surface area contributed by atoms with Crippen molar-refractivity contribution >= 4 is 16.3 Å². The molecule has 12 heavy (non-hydrogen) atoms. The van der Waals surface area contributed by atoms with Crippen LogP contribution < -0.4 is 10.6 Å². The summed E-state index contributed by atoms with van der Waals surface area (Å²) in [5.41, 5.74) is 7.23. The molecule has 1 fully saturated rings. The second-order valence-electron chi connectivity index (χ2n) is 3.40. The van der Waals surface area contributed by atoms with Crippen LogP contribution >= 0.6 is 11.3 Å². The highest BCUT2D eigenvalue weighted by molar-refractivity contribution is 7.14. The lowest BCUT2D eigenvalue weighted by Crippen LogP contribution is -2.25. The molecule has 2 nitrogen and oxygen atoms in total. The van der Waals surface area contributed by atoms with Gasteiger partial charge in [-0.25, -0.2) is 0 Å². The summed E-state index contributed by atoms with van der Waals surface area (Å²) in [4.78, 5) is 2.39. The topological polar surface area (TPSA) is 29.3 Å². The largest absolute Gasteiger partial charge is 0.362 e. The van der Waals surface area contributed by atoms with E-state index in [4.69, 9.17) is 5.73 Å². The Morgan fingerprint density at radius 1 is 1.67 bits per heavy atom. The van der Waals surface area contributed by atoms with E-state index in [2.05, 4.69) is 23.3 Å². The molecule has 1 aromatic rings. The molecule has 1 saturated heterocycles. The first kappa shape index (κ1) is 8.08. The van der Waals surface area contributed by atoms with Gasteiger partial charge in [-0.15, -0.1) is 11.3 Å². The van der Waals surface area contributed by atoms with Crippen molar-refractivity contribution in [1.29, 1.82) is 0 Å². The van der Waals surface area contributed by atoms with Gasteiger partial charge in [0.2, 0.25) is 0 Å². The van der Waals surface area contributed by atoms with Crippen LogP contribution in [0.3, 0.4) is 0 Å². The van der Waals surface area contributed by atoms with E-state index < -0.39 is 0 Å². The van der Waals surface area contributed by atoms with E-state index in [1.165, 1.54) is 10.6 Å². The Kier molecular flexibility index (Phi) is 2.07. The number of nitrogens with zero attached hydrogens (tertiary/aromatic N) is 1. The van der Waals surface area contributed by atoms with Crippen LogP contribution in [0.1, 0.15) is 12.0 Å². The Balaban J connectivity index is 2.16. The summed E-state index contributed by atoms with van der Waals surface area (Å²) < 4.78 is 0. The smallest absolute Gasteiger partial charge is 0.0938 e. The lowest BCUT2D eigenvalue weighted by atomic mass is 10.3. The zero-order chi connectivity index (χ0) is 8.55. The summed E-state index contributed by atoms with van der Waals surface area (Å²) in [6.07, 6.45) is 1.14. The van der Waals surface area contributed by atoms with Crippen molar-refractivity contribution in [2.45, 2.75) is 19.4 Å². The third-order valence-corrected chi connectivity index (χ3v) is 3.42. The van der Waals surface area contributed by atoms with Crippen LogP contribution in [-0.2, 0) is 0 Å². The second kappa shape index (κ2) is 3.07. The molecule has 1 aliphatic heterocycles. The van der Waals surface area contributed by atoms with Crippen LogP contribution in [0.5, 0.6) is 0 Å². The molecule has 0 aromatic carbocycles. The summed E-state index contributed by atoms with van der Waals surface area (Å²) in [6.45, 7) is 4.32. The first-order chi connectivity index (χ1) is 5.77. The molecule has 1 atom stereocenters. The third-order valence-electron chi connectivity index (χ3n) is 2.35. The minimum Gasteiger partial charge on any atom is -0.362 e. The van der Waals surface area contributed by atoms with E-state index in [0.29, 0.717) is 6.04 Å². The van der Waals surface area contributed by atoms with Crippen LogP contribution in [0.15, 0.2) is 11.4 Å². The van der Waals surface area contributed by atoms with Crippen molar-refractivity contribution in [3.63, 3.8) is 0 Å². The molecule has 1 aromatic heterocycles. The summed E-state index contributed by atoms with van der Waals surface area (Å²) in [6, 6.07) is 2.55. The normalized spacial score (nSPS) is 23.5. The fraction of sp³-hybridized carbons (Fsp3) is 0.556. The van der Waals surface area contributed by atoms with E-state index in [0.717, 1.165) is 19.5 Å². The summed E-state index contributed by atoms with van der Waals surface area (Å²) in [5.74, 6) is 0. The van der Waals surface area contributed by atoms with Crippen molar-refractivity contribution in [3.8, 4) is 0 Å². The SMILES string of the molecule is Cc1ccsc1N1CCC(N)C1. The number of thiophene rings is 1. The molecule has 2 rings (SSSR count). The third kappa shape index (κ3) is 1.34. The molecule has 0 spiro atoms. The van der Waals surface area contributed by atoms with Crippen LogP contribution in [0.25, 0.3) is 0 Å². The maximum absolute atomic E-state index is 5.84. The van der Waals surface area contributed by atoms with Gasteiger partial charge in [0.15, 0.2) is 0 Å². The standard InChI is InChI=1S/C9H14N2S/c1-7-3-5-12-9(7)11-4-2-8(10)6-11/h3,5,8H,2,4,6,10H2,1H3. The highest BCUT2D eigenvalue weighted by Crippen LogP contribution is 2.29. The quantitative estimate of drug-likeness (QED) is 0.714. The Hall–Kier alpha value is -0.540. The molecular formula is C9H14N2S. The average molecular weight is 182 g/mol.